The number of hydrogen-bond donors (Lipinski definition) is 7. The summed E-state index contributed by atoms with van der Waals surface area (Å²) >= 11 is 0. The first kappa shape index (κ1) is 22.4. The van der Waals surface area contributed by atoms with Gasteiger partial charge in [-0.2, -0.15) is 0 Å². The van der Waals surface area contributed by atoms with Gasteiger partial charge in [-0.3, -0.25) is 14.4 Å². The molecule has 0 heterocycles. The van der Waals surface area contributed by atoms with Crippen LogP contribution in [0.25, 0.3) is 0 Å². The highest BCUT2D eigenvalue weighted by atomic mass is 16.4. The Balaban J connectivity index is -0.000000203. The third-order valence-corrected chi connectivity index (χ3v) is 1.29. The molecule has 0 amide bonds. The van der Waals surface area contributed by atoms with Crippen molar-refractivity contribution in [1.29, 1.82) is 0 Å². The van der Waals surface area contributed by atoms with Crippen molar-refractivity contribution in [2.45, 2.75) is 32.0 Å². The average Bonchev–Trinajstić information content (AvgIpc) is 2.29. The van der Waals surface area contributed by atoms with Crippen LogP contribution in [0.4, 0.5) is 0 Å². The van der Waals surface area contributed by atoms with Gasteiger partial charge in [-0.05, 0) is 13.8 Å². The van der Waals surface area contributed by atoms with E-state index in [1.807, 2.05) is 0 Å². The van der Waals surface area contributed by atoms with E-state index in [0.29, 0.717) is 0 Å². The van der Waals surface area contributed by atoms with E-state index in [1.54, 1.807) is 0 Å². The van der Waals surface area contributed by atoms with Crippen LogP contribution in [0.1, 0.15) is 13.8 Å². The monoisotopic (exact) mass is 283 g/mol. The molecule has 0 rings (SSSR count). The quantitative estimate of drug-likeness (QED) is 0.282. The minimum absolute atomic E-state index is 0.505. The second kappa shape index (κ2) is 12.7. The van der Waals surface area contributed by atoms with Crippen molar-refractivity contribution in [3.8, 4) is 0 Å². The van der Waals surface area contributed by atoms with Crippen LogP contribution in [-0.2, 0) is 14.4 Å². The number of aliphatic carboxylic acids is 3. The molecule has 10 nitrogen and oxygen atoms in total. The molecule has 0 bridgehead atoms. The lowest BCUT2D eigenvalue weighted by molar-refractivity contribution is -0.140. The first-order chi connectivity index (χ1) is 8.47. The van der Waals surface area contributed by atoms with Gasteiger partial charge in [0.25, 0.3) is 0 Å². The number of aliphatic hydroxyl groups is 1. The number of rotatable bonds is 4. The molecule has 0 saturated heterocycles. The molecular formula is C9H21N3O7. The molecule has 19 heavy (non-hydrogen) atoms. The fourth-order valence-corrected chi connectivity index (χ4v) is 0.0781. The lowest BCUT2D eigenvalue weighted by Gasteiger charge is -1.96. The summed E-state index contributed by atoms with van der Waals surface area (Å²) in [6, 6.07) is -2.59. The molecule has 0 spiro atoms. The first-order valence-electron chi connectivity index (χ1n) is 5.03. The van der Waals surface area contributed by atoms with Crippen molar-refractivity contribution in [2.75, 3.05) is 6.61 Å². The van der Waals surface area contributed by atoms with Gasteiger partial charge in [0, 0.05) is 0 Å². The summed E-state index contributed by atoms with van der Waals surface area (Å²) in [4.78, 5) is 28.8. The fraction of sp³-hybridized carbons (Fsp3) is 0.667. The van der Waals surface area contributed by atoms with Crippen LogP contribution < -0.4 is 17.2 Å². The molecule has 0 aliphatic rings. The zero-order valence-electron chi connectivity index (χ0n) is 10.7. The minimum Gasteiger partial charge on any atom is -0.480 e. The number of carboxylic acid groups (broad SMARTS) is 3. The Morgan fingerprint density at radius 1 is 0.842 bits per heavy atom. The third kappa shape index (κ3) is 22.0. The average molecular weight is 283 g/mol. The first-order valence-corrected chi connectivity index (χ1v) is 5.03. The number of carbonyl (C=O) groups is 3. The Bertz CT molecular complexity index is 263. The number of nitrogens with two attached hydrogens (primary N) is 3. The summed E-state index contributed by atoms with van der Waals surface area (Å²) in [5, 5.41) is 31.6. The van der Waals surface area contributed by atoms with Gasteiger partial charge >= 0.3 is 17.9 Å². The maximum Gasteiger partial charge on any atom is 0.322 e. The second-order valence-corrected chi connectivity index (χ2v) is 3.38. The molecule has 10 N–H and O–H groups in total. The zero-order chi connectivity index (χ0) is 16.2. The van der Waals surface area contributed by atoms with Gasteiger partial charge in [0.2, 0.25) is 0 Å². The van der Waals surface area contributed by atoms with E-state index >= 15 is 0 Å². The fourth-order valence-electron chi connectivity index (χ4n) is 0.0781. The summed E-state index contributed by atoms with van der Waals surface area (Å²) < 4.78 is 0. The molecule has 0 aromatic rings. The van der Waals surface area contributed by atoms with E-state index in [2.05, 4.69) is 0 Å². The molecule has 0 saturated carbocycles. The molecule has 0 unspecified atom stereocenters. The van der Waals surface area contributed by atoms with Gasteiger partial charge in [0.1, 0.15) is 18.1 Å². The Hall–Kier alpha value is -1.75. The van der Waals surface area contributed by atoms with Crippen LogP contribution in [0.5, 0.6) is 0 Å². The van der Waals surface area contributed by atoms with Crippen LogP contribution in [0.15, 0.2) is 0 Å². The van der Waals surface area contributed by atoms with Crippen molar-refractivity contribution in [3.05, 3.63) is 0 Å². The van der Waals surface area contributed by atoms with E-state index in [9.17, 15) is 14.4 Å². The highest BCUT2D eigenvalue weighted by Gasteiger charge is 2.07. The smallest absolute Gasteiger partial charge is 0.322 e. The Morgan fingerprint density at radius 2 is 1.05 bits per heavy atom. The summed E-state index contributed by atoms with van der Waals surface area (Å²) in [6.07, 6.45) is 0. The number of hydrogen-bond acceptors (Lipinski definition) is 7. The normalized spacial score (nSPS) is 13.6. The number of carboxylic acids is 3. The van der Waals surface area contributed by atoms with Crippen molar-refractivity contribution in [1.82, 2.24) is 0 Å². The largest absolute Gasteiger partial charge is 0.480 e. The van der Waals surface area contributed by atoms with Gasteiger partial charge in [-0.1, -0.05) is 0 Å². The minimum atomic E-state index is -1.18. The van der Waals surface area contributed by atoms with Crippen molar-refractivity contribution in [2.24, 2.45) is 17.2 Å². The van der Waals surface area contributed by atoms with Gasteiger partial charge in [0.05, 0.1) is 6.61 Å². The summed E-state index contributed by atoms with van der Waals surface area (Å²) in [7, 11) is 0. The SMILES string of the molecule is C[C@H](N)C(=O)O.C[C@H](N)C(=O)O.N[C@@H](CO)C(=O)O. The highest BCUT2D eigenvalue weighted by molar-refractivity contribution is 5.73. The molecule has 0 aliphatic carbocycles. The van der Waals surface area contributed by atoms with Crippen LogP contribution in [0, 0.1) is 0 Å². The van der Waals surface area contributed by atoms with Crippen LogP contribution in [0.2, 0.25) is 0 Å². The van der Waals surface area contributed by atoms with Gasteiger partial charge in [-0.15, -0.1) is 0 Å². The molecule has 0 fully saturated rings. The predicted octanol–water partition coefficient (Wildman–Crippen LogP) is -2.77. The molecule has 3 atom stereocenters. The molecule has 10 heteroatoms. The van der Waals surface area contributed by atoms with Gasteiger partial charge < -0.3 is 37.6 Å². The molecular weight excluding hydrogens is 262 g/mol. The van der Waals surface area contributed by atoms with E-state index in [4.69, 9.17) is 37.6 Å². The standard InChI is InChI=1S/C3H7NO3.2C3H7NO2/c4-2(1-5)3(6)7;2*1-2(4)3(5)6/h2,5H,1,4H2,(H,6,7);2*2H,4H2,1H3,(H,5,6)/t3*2-/m000/s1. The van der Waals surface area contributed by atoms with E-state index < -0.39 is 42.6 Å². The lowest BCUT2D eigenvalue weighted by atomic mass is 10.3. The second-order valence-electron chi connectivity index (χ2n) is 3.38. The molecule has 0 aromatic heterocycles. The van der Waals surface area contributed by atoms with Crippen LogP contribution in [0.3, 0.4) is 0 Å². The third-order valence-electron chi connectivity index (χ3n) is 1.29. The van der Waals surface area contributed by atoms with Gasteiger partial charge in [0.15, 0.2) is 0 Å². The number of aliphatic hydroxyl groups excluding tert-OH is 1. The lowest BCUT2D eigenvalue weighted by Crippen LogP contribution is -2.33. The van der Waals surface area contributed by atoms with Crippen molar-refractivity contribution in [3.63, 3.8) is 0 Å². The summed E-state index contributed by atoms with van der Waals surface area (Å²) in [5.74, 6) is -3.10. The van der Waals surface area contributed by atoms with Crippen molar-refractivity contribution >= 4 is 17.9 Å². The highest BCUT2D eigenvalue weighted by Crippen LogP contribution is 1.71. The Labute approximate surface area is 109 Å². The topological polar surface area (TPSA) is 210 Å². The summed E-state index contributed by atoms with van der Waals surface area (Å²) in [5.41, 5.74) is 14.4. The van der Waals surface area contributed by atoms with E-state index in [1.165, 1.54) is 13.8 Å². The maximum atomic E-state index is 9.65. The van der Waals surface area contributed by atoms with Crippen LogP contribution in [-0.4, -0.2) is 63.1 Å². The van der Waals surface area contributed by atoms with Crippen LogP contribution >= 0.6 is 0 Å². The predicted molar refractivity (Wildman–Crippen MR) is 65.3 cm³/mol. The Kier molecular flexibility index (Phi) is 15.0. The molecule has 0 aliphatic heterocycles. The molecule has 114 valence electrons. The van der Waals surface area contributed by atoms with E-state index in [0.717, 1.165) is 0 Å². The maximum absolute atomic E-state index is 9.65. The molecule has 0 aromatic carbocycles. The molecule has 0 radical (unpaired) electrons. The van der Waals surface area contributed by atoms with Crippen molar-refractivity contribution < 1.29 is 34.8 Å². The van der Waals surface area contributed by atoms with E-state index in [-0.39, 0.29) is 0 Å². The summed E-state index contributed by atoms with van der Waals surface area (Å²) in [6.45, 7) is 2.33. The Morgan fingerprint density at radius 3 is 1.05 bits per heavy atom. The zero-order valence-corrected chi connectivity index (χ0v) is 10.7. The van der Waals surface area contributed by atoms with Gasteiger partial charge in [-0.25, -0.2) is 0 Å².